The van der Waals surface area contributed by atoms with Gasteiger partial charge in [0.15, 0.2) is 0 Å². The molecule has 0 aromatic carbocycles. The van der Waals surface area contributed by atoms with Gasteiger partial charge in [-0.1, -0.05) is 0 Å². The molecule has 0 fully saturated rings. The van der Waals surface area contributed by atoms with Crippen LogP contribution in [0.1, 0.15) is 0 Å². The van der Waals surface area contributed by atoms with Gasteiger partial charge in [-0.2, -0.15) is 8.42 Å². The molecule has 0 saturated carbocycles. The Hall–Kier alpha value is 1.31. The van der Waals surface area contributed by atoms with Crippen LogP contribution in [-0.2, 0) is 27.5 Å². The first kappa shape index (κ1) is 15.7. The predicted octanol–water partition coefficient (Wildman–Crippen LogP) is -1.57. The van der Waals surface area contributed by atoms with Crippen molar-refractivity contribution in [3.63, 3.8) is 0 Å². The van der Waals surface area contributed by atoms with Crippen molar-refractivity contribution >= 4 is 37.7 Å². The summed E-state index contributed by atoms with van der Waals surface area (Å²) in [4.78, 5) is 0. The van der Waals surface area contributed by atoms with Crippen LogP contribution in [0.5, 0.6) is 0 Å². The Bertz CT molecular complexity index is 94.9. The van der Waals surface area contributed by atoms with Gasteiger partial charge < -0.3 is 0 Å². The fourth-order valence-electron chi connectivity index (χ4n) is 0. The molecular weight excluding hydrogens is 359 g/mol. The Kier molecular flexibility index (Phi) is 12.3. The molecule has 2 N–H and O–H groups in total. The molecule has 0 amide bonds. The minimum atomic E-state index is -4.67. The molecule has 7 heavy (non-hydrogen) atoms. The van der Waals surface area contributed by atoms with Crippen LogP contribution in [-0.4, -0.2) is 44.8 Å². The molecule has 46 valence electrons. The predicted molar refractivity (Wildman–Crippen MR) is 22.7 cm³/mol. The molecule has 0 atom stereocenters. The zero-order valence-corrected chi connectivity index (χ0v) is 10.6. The molecule has 0 heterocycles. The van der Waals surface area contributed by atoms with E-state index in [1.165, 1.54) is 0 Å². The third kappa shape index (κ3) is 120. The molecule has 0 aliphatic heterocycles. The summed E-state index contributed by atoms with van der Waals surface area (Å²) in [6.45, 7) is 0. The van der Waals surface area contributed by atoms with Gasteiger partial charge in [0.1, 0.15) is 0 Å². The molecule has 0 aliphatic carbocycles. The van der Waals surface area contributed by atoms with E-state index in [2.05, 4.69) is 0 Å². The number of hydrogen-bond donors (Lipinski definition) is 2. The molecule has 0 saturated heterocycles. The molecule has 0 rings (SSSR count). The second-order valence-electron chi connectivity index (χ2n) is 0.448. The van der Waals surface area contributed by atoms with Gasteiger partial charge in [0.05, 0.1) is 0 Å². The summed E-state index contributed by atoms with van der Waals surface area (Å²) in [5, 5.41) is 0. The van der Waals surface area contributed by atoms with Gasteiger partial charge in [0, 0.05) is 17.1 Å². The van der Waals surface area contributed by atoms with Crippen molar-refractivity contribution in [2.24, 2.45) is 0 Å². The molecule has 0 aliphatic rings. The number of hydrogen-bond acceptors (Lipinski definition) is 2. The van der Waals surface area contributed by atoms with Gasteiger partial charge >= 0.3 is 37.7 Å². The van der Waals surface area contributed by atoms with Crippen molar-refractivity contribution in [2.75, 3.05) is 0 Å². The van der Waals surface area contributed by atoms with E-state index >= 15 is 0 Å². The SMILES string of the molecule is O=S(=O)(O)O.[Fe].[PbH2]. The molecule has 0 spiro atoms. The third-order valence-corrected chi connectivity index (χ3v) is 0. The monoisotopic (exact) mass is 364 g/mol. The standard InChI is InChI=1S/Fe.H2O4S.Pb.2H/c;1-5(2,3)4;;;/h;(H2,1,2,3,4);;;. The van der Waals surface area contributed by atoms with Crippen LogP contribution < -0.4 is 0 Å². The van der Waals surface area contributed by atoms with Crippen molar-refractivity contribution in [1.29, 1.82) is 0 Å². The second kappa shape index (κ2) is 5.45. The molecule has 0 unspecified atom stereocenters. The molecular formula is H4FeO4PbS. The molecule has 7 heteroatoms. The first-order valence-electron chi connectivity index (χ1n) is 0.698. The van der Waals surface area contributed by atoms with Gasteiger partial charge in [0.2, 0.25) is 0 Å². The average molecular weight is 363 g/mol. The van der Waals surface area contributed by atoms with E-state index < -0.39 is 10.4 Å². The van der Waals surface area contributed by atoms with Gasteiger partial charge in [-0.05, 0) is 0 Å². The maximum atomic E-state index is 8.74. The Balaban J connectivity index is -0.0000000800. The fourth-order valence-corrected chi connectivity index (χ4v) is 0. The summed E-state index contributed by atoms with van der Waals surface area (Å²) >= 11 is 0. The fraction of sp³-hybridized carbons (Fsp3) is 0. The van der Waals surface area contributed by atoms with Gasteiger partial charge in [-0.15, -0.1) is 0 Å². The van der Waals surface area contributed by atoms with Crippen molar-refractivity contribution < 1.29 is 34.6 Å². The quantitative estimate of drug-likeness (QED) is 0.403. The van der Waals surface area contributed by atoms with E-state index in [1.54, 1.807) is 0 Å². The summed E-state index contributed by atoms with van der Waals surface area (Å²) in [6, 6.07) is 0. The van der Waals surface area contributed by atoms with E-state index in [-0.39, 0.29) is 44.4 Å². The molecule has 0 aromatic heterocycles. The minimum absolute atomic E-state index is 0. The van der Waals surface area contributed by atoms with Gasteiger partial charge in [-0.25, -0.2) is 0 Å². The maximum absolute atomic E-state index is 8.74. The Morgan fingerprint density at radius 2 is 1.14 bits per heavy atom. The van der Waals surface area contributed by atoms with Crippen LogP contribution in [0.15, 0.2) is 0 Å². The zero-order valence-electron chi connectivity index (χ0n) is 3.18. The van der Waals surface area contributed by atoms with Gasteiger partial charge in [-0.3, -0.25) is 9.11 Å². The summed E-state index contributed by atoms with van der Waals surface area (Å²) in [5.74, 6) is 0. The summed E-state index contributed by atoms with van der Waals surface area (Å²) in [7, 11) is -4.67. The van der Waals surface area contributed by atoms with Crippen molar-refractivity contribution in [1.82, 2.24) is 0 Å². The van der Waals surface area contributed by atoms with E-state index in [0.29, 0.717) is 0 Å². The van der Waals surface area contributed by atoms with Crippen molar-refractivity contribution in [3.8, 4) is 0 Å². The van der Waals surface area contributed by atoms with Crippen molar-refractivity contribution in [2.45, 2.75) is 0 Å². The third-order valence-electron chi connectivity index (χ3n) is 0. The van der Waals surface area contributed by atoms with Crippen LogP contribution in [0, 0.1) is 0 Å². The van der Waals surface area contributed by atoms with Crippen molar-refractivity contribution in [3.05, 3.63) is 0 Å². The second-order valence-corrected chi connectivity index (χ2v) is 1.34. The summed E-state index contributed by atoms with van der Waals surface area (Å²) < 4.78 is 31.6. The van der Waals surface area contributed by atoms with E-state index in [9.17, 15) is 0 Å². The topological polar surface area (TPSA) is 74.6 Å². The molecule has 2 radical (unpaired) electrons. The Morgan fingerprint density at radius 1 is 1.14 bits per heavy atom. The zero-order chi connectivity index (χ0) is 4.50. The summed E-state index contributed by atoms with van der Waals surface area (Å²) in [6.07, 6.45) is 0. The Labute approximate surface area is 71.9 Å². The van der Waals surface area contributed by atoms with Gasteiger partial charge in [0.25, 0.3) is 0 Å². The summed E-state index contributed by atoms with van der Waals surface area (Å²) in [5.41, 5.74) is 0. The molecule has 0 bridgehead atoms. The van der Waals surface area contributed by atoms with Crippen LogP contribution >= 0.6 is 0 Å². The first-order valence-corrected chi connectivity index (χ1v) is 2.10. The molecule has 4 nitrogen and oxygen atoms in total. The van der Waals surface area contributed by atoms with Crippen LogP contribution in [0.2, 0.25) is 0 Å². The van der Waals surface area contributed by atoms with Crippen LogP contribution in [0.4, 0.5) is 0 Å². The van der Waals surface area contributed by atoms with E-state index in [1.807, 2.05) is 0 Å². The Morgan fingerprint density at radius 3 is 1.14 bits per heavy atom. The van der Waals surface area contributed by atoms with Crippen LogP contribution in [0.3, 0.4) is 0 Å². The van der Waals surface area contributed by atoms with E-state index in [4.69, 9.17) is 17.5 Å². The first-order chi connectivity index (χ1) is 2.00. The average Bonchev–Trinajstić information content (AvgIpc) is 0.722. The normalized spacial score (nSPS) is 8.29. The molecule has 0 aromatic rings. The van der Waals surface area contributed by atoms with Crippen LogP contribution in [0.25, 0.3) is 0 Å². The number of rotatable bonds is 0. The van der Waals surface area contributed by atoms with E-state index in [0.717, 1.165) is 0 Å².